The zero-order valence-electron chi connectivity index (χ0n) is 21.4. The number of nitrogens with zero attached hydrogens (tertiary/aromatic N) is 5. The third kappa shape index (κ3) is 4.77. The first-order chi connectivity index (χ1) is 18.7. The molecule has 5 aromatic rings. The fraction of sp³-hybridized carbons (Fsp3) is 0.200. The van der Waals surface area contributed by atoms with Crippen LogP contribution < -0.4 is 10.8 Å². The zero-order valence-corrected chi connectivity index (χ0v) is 21.4. The molecule has 0 bridgehead atoms. The maximum absolute atomic E-state index is 13.6. The van der Waals surface area contributed by atoms with Crippen LogP contribution in [0.15, 0.2) is 91.4 Å². The highest BCUT2D eigenvalue weighted by Gasteiger charge is 2.27. The van der Waals surface area contributed by atoms with Crippen molar-refractivity contribution in [2.75, 3.05) is 18.4 Å². The van der Waals surface area contributed by atoms with Gasteiger partial charge in [-0.2, -0.15) is 9.61 Å². The standard InChI is InChI=1S/C30H29BN6O/c31-26-20-34-37-28(33-19-21-7-6-14-32-18-21)17-27(35-29(26)37)23-12-15-36(16-13-23)30(38)25-11-5-4-10-24(25)22-8-2-1-3-9-22/h1-11,14,17-18,20,23,33H,12-13,15-16,19,31H2. The van der Waals surface area contributed by atoms with Gasteiger partial charge in [0.05, 0.1) is 0 Å². The van der Waals surface area contributed by atoms with Gasteiger partial charge < -0.3 is 10.2 Å². The van der Waals surface area contributed by atoms with Gasteiger partial charge in [-0.25, -0.2) is 4.98 Å². The Balaban J connectivity index is 1.20. The summed E-state index contributed by atoms with van der Waals surface area (Å²) in [5.41, 5.74) is 6.86. The molecule has 1 N–H and O–H groups in total. The lowest BCUT2D eigenvalue weighted by atomic mass is 9.91. The summed E-state index contributed by atoms with van der Waals surface area (Å²) in [4.78, 5) is 24.8. The van der Waals surface area contributed by atoms with E-state index in [1.54, 1.807) is 6.20 Å². The minimum absolute atomic E-state index is 0.0942. The molecule has 3 aromatic heterocycles. The molecule has 188 valence electrons. The van der Waals surface area contributed by atoms with Crippen LogP contribution in [0.5, 0.6) is 0 Å². The molecule has 0 aliphatic carbocycles. The van der Waals surface area contributed by atoms with E-state index in [0.29, 0.717) is 19.6 Å². The Morgan fingerprint density at radius 2 is 1.76 bits per heavy atom. The molecule has 0 radical (unpaired) electrons. The van der Waals surface area contributed by atoms with Crippen molar-refractivity contribution in [3.05, 3.63) is 108 Å². The topological polar surface area (TPSA) is 75.4 Å². The number of anilines is 1. The fourth-order valence-electron chi connectivity index (χ4n) is 5.21. The summed E-state index contributed by atoms with van der Waals surface area (Å²) in [6.07, 6.45) is 7.24. The van der Waals surface area contributed by atoms with Crippen LogP contribution in [-0.4, -0.2) is 51.3 Å². The number of aromatic nitrogens is 4. The molecule has 1 aliphatic rings. The van der Waals surface area contributed by atoms with Crippen LogP contribution >= 0.6 is 0 Å². The van der Waals surface area contributed by atoms with Gasteiger partial charge in [0.1, 0.15) is 13.7 Å². The molecule has 4 heterocycles. The van der Waals surface area contributed by atoms with Crippen LogP contribution in [0.2, 0.25) is 0 Å². The van der Waals surface area contributed by atoms with Gasteiger partial charge >= 0.3 is 0 Å². The van der Waals surface area contributed by atoms with Crippen LogP contribution in [-0.2, 0) is 6.54 Å². The summed E-state index contributed by atoms with van der Waals surface area (Å²) < 4.78 is 1.87. The Bertz CT molecular complexity index is 1560. The lowest BCUT2D eigenvalue weighted by Crippen LogP contribution is -2.38. The number of pyridine rings is 1. The predicted molar refractivity (Wildman–Crippen MR) is 152 cm³/mol. The van der Waals surface area contributed by atoms with Gasteiger partial charge in [0.25, 0.3) is 5.91 Å². The molecule has 7 nitrogen and oxygen atoms in total. The highest BCUT2D eigenvalue weighted by molar-refractivity contribution is 6.36. The Labute approximate surface area is 223 Å². The highest BCUT2D eigenvalue weighted by Crippen LogP contribution is 2.31. The van der Waals surface area contributed by atoms with Crippen LogP contribution in [0.4, 0.5) is 5.82 Å². The maximum atomic E-state index is 13.6. The summed E-state index contributed by atoms with van der Waals surface area (Å²) in [6.45, 7) is 2.06. The Morgan fingerprint density at radius 3 is 2.55 bits per heavy atom. The van der Waals surface area contributed by atoms with Crippen LogP contribution in [0.1, 0.15) is 40.4 Å². The molecule has 1 saturated heterocycles. The van der Waals surface area contributed by atoms with Crippen molar-refractivity contribution in [2.45, 2.75) is 25.3 Å². The van der Waals surface area contributed by atoms with Crippen molar-refractivity contribution in [1.82, 2.24) is 24.5 Å². The maximum Gasteiger partial charge on any atom is 0.254 e. The minimum atomic E-state index is 0.0942. The summed E-state index contributed by atoms with van der Waals surface area (Å²) in [7, 11) is 2.04. The number of nitrogens with one attached hydrogen (secondary N) is 1. The molecule has 6 rings (SSSR count). The van der Waals surface area contributed by atoms with E-state index in [9.17, 15) is 4.79 Å². The molecule has 38 heavy (non-hydrogen) atoms. The fourth-order valence-corrected chi connectivity index (χ4v) is 5.21. The second-order valence-electron chi connectivity index (χ2n) is 9.82. The van der Waals surface area contributed by atoms with Gasteiger partial charge in [0, 0.05) is 61.5 Å². The van der Waals surface area contributed by atoms with Crippen molar-refractivity contribution >= 4 is 30.7 Å². The molecule has 1 amide bonds. The Morgan fingerprint density at radius 1 is 0.974 bits per heavy atom. The van der Waals surface area contributed by atoms with Crippen molar-refractivity contribution in [3.63, 3.8) is 0 Å². The molecular weight excluding hydrogens is 471 g/mol. The average Bonchev–Trinajstić information content (AvgIpc) is 3.37. The quantitative estimate of drug-likeness (QED) is 0.360. The van der Waals surface area contributed by atoms with E-state index < -0.39 is 0 Å². The number of carbonyl (C=O) groups excluding carboxylic acids is 1. The van der Waals surface area contributed by atoms with Gasteiger partial charge in [-0.1, -0.05) is 54.6 Å². The number of benzene rings is 2. The Hall–Kier alpha value is -4.46. The van der Waals surface area contributed by atoms with E-state index in [-0.39, 0.29) is 11.8 Å². The van der Waals surface area contributed by atoms with Crippen molar-refractivity contribution in [2.24, 2.45) is 0 Å². The van der Waals surface area contributed by atoms with E-state index in [1.165, 1.54) is 0 Å². The number of piperidine rings is 1. The average molecular weight is 500 g/mol. The summed E-state index contributed by atoms with van der Waals surface area (Å²) in [5.74, 6) is 1.29. The first-order valence-corrected chi connectivity index (χ1v) is 13.1. The van der Waals surface area contributed by atoms with E-state index >= 15 is 0 Å². The van der Waals surface area contributed by atoms with Crippen LogP contribution in [0.3, 0.4) is 0 Å². The molecule has 1 fully saturated rings. The monoisotopic (exact) mass is 500 g/mol. The van der Waals surface area contributed by atoms with Crippen molar-refractivity contribution in [3.8, 4) is 11.1 Å². The molecule has 0 saturated carbocycles. The lowest BCUT2D eigenvalue weighted by Gasteiger charge is -2.32. The van der Waals surface area contributed by atoms with Crippen LogP contribution in [0.25, 0.3) is 16.8 Å². The van der Waals surface area contributed by atoms with Crippen molar-refractivity contribution < 1.29 is 4.79 Å². The lowest BCUT2D eigenvalue weighted by molar-refractivity contribution is 0.0713. The van der Waals surface area contributed by atoms with E-state index in [4.69, 9.17) is 4.98 Å². The second-order valence-corrected chi connectivity index (χ2v) is 9.82. The first kappa shape index (κ1) is 23.9. The van der Waals surface area contributed by atoms with Gasteiger partial charge in [0.2, 0.25) is 0 Å². The molecule has 0 spiro atoms. The highest BCUT2D eigenvalue weighted by atomic mass is 16.2. The van der Waals surface area contributed by atoms with E-state index in [1.807, 2.05) is 78.2 Å². The molecule has 1 aliphatic heterocycles. The van der Waals surface area contributed by atoms with Crippen LogP contribution in [0, 0.1) is 0 Å². The SMILES string of the molecule is Bc1cnn2c(NCc3cccnc3)cc(C3CCN(C(=O)c4ccccc4-c4ccccc4)CC3)nc12. The predicted octanol–water partition coefficient (Wildman–Crippen LogP) is 3.68. The number of amides is 1. The third-order valence-corrected chi connectivity index (χ3v) is 7.31. The van der Waals surface area contributed by atoms with Crippen molar-refractivity contribution in [1.29, 1.82) is 0 Å². The number of rotatable bonds is 6. The number of hydrogen-bond acceptors (Lipinski definition) is 5. The van der Waals surface area contributed by atoms with E-state index in [0.717, 1.165) is 57.7 Å². The zero-order chi connectivity index (χ0) is 25.9. The smallest absolute Gasteiger partial charge is 0.254 e. The number of likely N-dealkylation sites (tertiary alicyclic amines) is 1. The summed E-state index contributed by atoms with van der Waals surface area (Å²) >= 11 is 0. The summed E-state index contributed by atoms with van der Waals surface area (Å²) in [5, 5.41) is 8.06. The Kier molecular flexibility index (Phi) is 6.61. The number of hydrogen-bond donors (Lipinski definition) is 1. The first-order valence-electron chi connectivity index (χ1n) is 13.1. The van der Waals surface area contributed by atoms with Gasteiger partial charge in [-0.3, -0.25) is 9.78 Å². The molecule has 0 atom stereocenters. The van der Waals surface area contributed by atoms with E-state index in [2.05, 4.69) is 39.7 Å². The normalized spacial score (nSPS) is 14.1. The molecule has 8 heteroatoms. The largest absolute Gasteiger partial charge is 0.366 e. The van der Waals surface area contributed by atoms with Gasteiger partial charge in [-0.15, -0.1) is 0 Å². The number of fused-ring (bicyclic) bond motifs is 1. The summed E-state index contributed by atoms with van der Waals surface area (Å²) in [6, 6.07) is 24.1. The third-order valence-electron chi connectivity index (χ3n) is 7.31. The minimum Gasteiger partial charge on any atom is -0.366 e. The van der Waals surface area contributed by atoms with Gasteiger partial charge in [0.15, 0.2) is 5.65 Å². The molecular formula is C30H29BN6O. The van der Waals surface area contributed by atoms with Gasteiger partial charge in [-0.05, 0) is 47.1 Å². The molecule has 0 unspecified atom stereocenters. The second kappa shape index (κ2) is 10.5. The number of carbonyl (C=O) groups is 1. The molecule has 2 aromatic carbocycles.